The average Bonchev–Trinajstić information content (AvgIpc) is 2.84. The fourth-order valence-electron chi connectivity index (χ4n) is 3.45. The molecule has 3 rings (SSSR count). The largest absolute Gasteiger partial charge is 0.379 e. The summed E-state index contributed by atoms with van der Waals surface area (Å²) in [7, 11) is -0.440. The zero-order chi connectivity index (χ0) is 19.6. The lowest BCUT2D eigenvalue weighted by Gasteiger charge is -2.31. The number of hydrogen-bond donors (Lipinski definition) is 1. The van der Waals surface area contributed by atoms with Crippen molar-refractivity contribution in [1.82, 2.24) is 13.5 Å². The Balaban J connectivity index is 1.70. The highest BCUT2D eigenvalue weighted by Crippen LogP contribution is 2.22. The SMILES string of the molecule is CN(C)S(=O)(=O)N1C[C@@H]2COC[C@H](C1)N(CC(=O)Nc1cccc(Cl)c1)C2. The van der Waals surface area contributed by atoms with Gasteiger partial charge in [-0.1, -0.05) is 17.7 Å². The molecule has 8 nitrogen and oxygen atoms in total. The van der Waals surface area contributed by atoms with Crippen LogP contribution in [-0.4, -0.2) is 87.4 Å². The van der Waals surface area contributed by atoms with Crippen LogP contribution in [0.5, 0.6) is 0 Å². The summed E-state index contributed by atoms with van der Waals surface area (Å²) in [6.45, 7) is 2.38. The molecule has 1 amide bonds. The molecule has 2 fully saturated rings. The molecule has 0 aromatic heterocycles. The second-order valence-electron chi connectivity index (χ2n) is 7.15. The first-order chi connectivity index (χ1) is 12.8. The molecule has 1 aromatic rings. The number of carbonyl (C=O) groups excluding carboxylic acids is 1. The highest BCUT2D eigenvalue weighted by atomic mass is 35.5. The molecular formula is C17H25ClN4O4S. The second-order valence-corrected chi connectivity index (χ2v) is 9.73. The third kappa shape index (κ3) is 4.98. The number of fused-ring (bicyclic) bond motifs is 3. The minimum Gasteiger partial charge on any atom is -0.379 e. The monoisotopic (exact) mass is 416 g/mol. The number of amides is 1. The zero-order valence-electron chi connectivity index (χ0n) is 15.5. The average molecular weight is 417 g/mol. The number of carbonyl (C=O) groups is 1. The molecule has 1 aromatic carbocycles. The van der Waals surface area contributed by atoms with Gasteiger partial charge in [-0.2, -0.15) is 17.0 Å². The van der Waals surface area contributed by atoms with Gasteiger partial charge in [-0.15, -0.1) is 0 Å². The maximum atomic E-state index is 12.6. The zero-order valence-corrected chi connectivity index (χ0v) is 17.0. The molecule has 2 heterocycles. The van der Waals surface area contributed by atoms with E-state index in [-0.39, 0.29) is 24.4 Å². The van der Waals surface area contributed by atoms with Crippen molar-refractivity contribution in [1.29, 1.82) is 0 Å². The second kappa shape index (κ2) is 8.42. The van der Waals surface area contributed by atoms with E-state index in [1.54, 1.807) is 24.3 Å². The number of halogens is 1. The molecular weight excluding hydrogens is 392 g/mol. The summed E-state index contributed by atoms with van der Waals surface area (Å²) >= 11 is 5.95. The van der Waals surface area contributed by atoms with Gasteiger partial charge >= 0.3 is 0 Å². The lowest BCUT2D eigenvalue weighted by molar-refractivity contribution is -0.117. The van der Waals surface area contributed by atoms with Crippen LogP contribution in [0.25, 0.3) is 0 Å². The molecule has 1 N–H and O–H groups in total. The van der Waals surface area contributed by atoms with E-state index in [4.69, 9.17) is 16.3 Å². The van der Waals surface area contributed by atoms with Crippen molar-refractivity contribution in [2.45, 2.75) is 6.04 Å². The number of nitrogens with one attached hydrogen (secondary N) is 1. The van der Waals surface area contributed by atoms with Crippen LogP contribution in [0.15, 0.2) is 24.3 Å². The normalized spacial score (nSPS) is 24.6. The lowest BCUT2D eigenvalue weighted by atomic mass is 10.1. The fourth-order valence-corrected chi connectivity index (χ4v) is 4.86. The van der Waals surface area contributed by atoms with Gasteiger partial charge in [-0.25, -0.2) is 0 Å². The Kier molecular flexibility index (Phi) is 6.39. The molecule has 2 bridgehead atoms. The summed E-state index contributed by atoms with van der Waals surface area (Å²) in [5, 5.41) is 3.40. The van der Waals surface area contributed by atoms with Gasteiger partial charge in [0, 0.05) is 56.4 Å². The molecule has 0 spiro atoms. The Morgan fingerprint density at radius 2 is 2.07 bits per heavy atom. The van der Waals surface area contributed by atoms with Crippen LogP contribution < -0.4 is 5.32 Å². The molecule has 10 heteroatoms. The van der Waals surface area contributed by atoms with Gasteiger partial charge in [-0.05, 0) is 18.2 Å². The van der Waals surface area contributed by atoms with E-state index in [2.05, 4.69) is 5.32 Å². The van der Waals surface area contributed by atoms with Crippen LogP contribution in [-0.2, 0) is 19.7 Å². The Labute approximate surface area is 165 Å². The summed E-state index contributed by atoms with van der Waals surface area (Å²) in [4.78, 5) is 14.5. The highest BCUT2D eigenvalue weighted by Gasteiger charge is 2.39. The van der Waals surface area contributed by atoms with Gasteiger partial charge in [0.15, 0.2) is 0 Å². The van der Waals surface area contributed by atoms with Crippen molar-refractivity contribution in [3.63, 3.8) is 0 Å². The third-order valence-corrected chi connectivity index (χ3v) is 6.90. The topological polar surface area (TPSA) is 82.2 Å². The predicted octanol–water partition coefficient (Wildman–Crippen LogP) is 0.718. The van der Waals surface area contributed by atoms with Crippen LogP contribution >= 0.6 is 11.6 Å². The molecule has 0 radical (unpaired) electrons. The van der Waals surface area contributed by atoms with Gasteiger partial charge in [0.2, 0.25) is 5.91 Å². The van der Waals surface area contributed by atoms with E-state index in [0.29, 0.717) is 43.6 Å². The summed E-state index contributed by atoms with van der Waals surface area (Å²) in [5.41, 5.74) is 0.637. The van der Waals surface area contributed by atoms with Gasteiger partial charge in [0.25, 0.3) is 10.2 Å². The fraction of sp³-hybridized carbons (Fsp3) is 0.588. The quantitative estimate of drug-likeness (QED) is 0.764. The number of nitrogens with zero attached hydrogens (tertiary/aromatic N) is 3. The van der Waals surface area contributed by atoms with E-state index in [9.17, 15) is 13.2 Å². The highest BCUT2D eigenvalue weighted by molar-refractivity contribution is 7.86. The molecule has 2 aliphatic heterocycles. The maximum absolute atomic E-state index is 12.6. The summed E-state index contributed by atoms with van der Waals surface area (Å²) in [6, 6.07) is 6.81. The van der Waals surface area contributed by atoms with Gasteiger partial charge in [0.1, 0.15) is 0 Å². The van der Waals surface area contributed by atoms with E-state index in [1.807, 2.05) is 4.90 Å². The Morgan fingerprint density at radius 1 is 1.30 bits per heavy atom. The van der Waals surface area contributed by atoms with E-state index in [0.717, 1.165) is 0 Å². The Hall–Kier alpha value is -1.23. The number of rotatable bonds is 5. The Morgan fingerprint density at radius 3 is 2.78 bits per heavy atom. The summed E-state index contributed by atoms with van der Waals surface area (Å²) < 4.78 is 33.6. The number of anilines is 1. The predicted molar refractivity (Wildman–Crippen MR) is 104 cm³/mol. The van der Waals surface area contributed by atoms with Gasteiger partial charge < -0.3 is 10.1 Å². The summed E-state index contributed by atoms with van der Waals surface area (Å²) in [5.74, 6) is -0.141. The van der Waals surface area contributed by atoms with Crippen molar-refractivity contribution in [2.24, 2.45) is 5.92 Å². The van der Waals surface area contributed by atoms with E-state index >= 15 is 0 Å². The standard InChI is InChI=1S/C17H25ClN4O4S/c1-20(2)27(24,25)22-8-13-7-21(16(9-22)12-26-11-13)10-17(23)19-15-5-3-4-14(18)6-15/h3-6,13,16H,7-12H2,1-2H3,(H,19,23)/t13-,16+/m1/s1. The Bertz CT molecular complexity index is 789. The number of benzene rings is 1. The van der Waals surface area contributed by atoms with Crippen molar-refractivity contribution >= 4 is 33.4 Å². The van der Waals surface area contributed by atoms with E-state index in [1.165, 1.54) is 22.7 Å². The first kappa shape index (κ1) is 20.5. The van der Waals surface area contributed by atoms with Crippen LogP contribution in [0.3, 0.4) is 0 Å². The summed E-state index contributed by atoms with van der Waals surface area (Å²) in [6.07, 6.45) is 0. The van der Waals surface area contributed by atoms with E-state index < -0.39 is 10.2 Å². The van der Waals surface area contributed by atoms with Gasteiger partial charge in [-0.3, -0.25) is 9.69 Å². The third-order valence-electron chi connectivity index (χ3n) is 4.79. The number of hydrogen-bond acceptors (Lipinski definition) is 5. The molecule has 27 heavy (non-hydrogen) atoms. The van der Waals surface area contributed by atoms with Crippen molar-refractivity contribution in [3.05, 3.63) is 29.3 Å². The molecule has 0 aliphatic carbocycles. The minimum atomic E-state index is -3.50. The molecule has 150 valence electrons. The van der Waals surface area contributed by atoms with Gasteiger partial charge in [0.05, 0.1) is 19.8 Å². The molecule has 2 saturated heterocycles. The van der Waals surface area contributed by atoms with Crippen LogP contribution in [0.2, 0.25) is 5.02 Å². The smallest absolute Gasteiger partial charge is 0.281 e. The first-order valence-corrected chi connectivity index (χ1v) is 10.6. The van der Waals surface area contributed by atoms with Crippen LogP contribution in [0, 0.1) is 5.92 Å². The molecule has 0 unspecified atom stereocenters. The minimum absolute atomic E-state index is 0.0196. The lowest BCUT2D eigenvalue weighted by Crippen LogP contribution is -2.49. The maximum Gasteiger partial charge on any atom is 0.281 e. The van der Waals surface area contributed by atoms with Crippen LogP contribution in [0.1, 0.15) is 0 Å². The molecule has 0 saturated carbocycles. The number of ether oxygens (including phenoxy) is 1. The molecule has 2 aliphatic rings. The van der Waals surface area contributed by atoms with Crippen molar-refractivity contribution < 1.29 is 17.9 Å². The van der Waals surface area contributed by atoms with Crippen molar-refractivity contribution in [3.8, 4) is 0 Å². The molecule has 2 atom stereocenters. The van der Waals surface area contributed by atoms with Crippen molar-refractivity contribution in [2.75, 3.05) is 58.8 Å². The van der Waals surface area contributed by atoms with Crippen LogP contribution in [0.4, 0.5) is 5.69 Å². The first-order valence-electron chi connectivity index (χ1n) is 8.80.